The maximum atomic E-state index is 12.0. The van der Waals surface area contributed by atoms with E-state index in [-0.39, 0.29) is 10.8 Å². The summed E-state index contributed by atoms with van der Waals surface area (Å²) in [7, 11) is 1.66. The average molecular weight is 344 g/mol. The van der Waals surface area contributed by atoms with Gasteiger partial charge in [0.05, 0.1) is 0 Å². The molecule has 0 saturated heterocycles. The molecule has 0 aliphatic rings. The van der Waals surface area contributed by atoms with Gasteiger partial charge in [-0.15, -0.1) is 0 Å². The van der Waals surface area contributed by atoms with E-state index in [0.717, 1.165) is 11.1 Å². The minimum atomic E-state index is -0.448. The van der Waals surface area contributed by atoms with E-state index in [1.807, 2.05) is 24.3 Å². The van der Waals surface area contributed by atoms with Crippen LogP contribution in [0.25, 0.3) is 8.79 Å². The van der Waals surface area contributed by atoms with Gasteiger partial charge >= 0.3 is 111 Å². The third-order valence-corrected chi connectivity index (χ3v) is 6.98. The topological polar surface area (TPSA) is 26.3 Å². The number of ether oxygens (including phenoxy) is 1. The SMILES string of the molecule is COc1ccc2c(=O)cc(C(C)(C)C)[te]c2c1. The Morgan fingerprint density at radius 3 is 2.47 bits per heavy atom. The van der Waals surface area contributed by atoms with E-state index in [9.17, 15) is 4.79 Å². The van der Waals surface area contributed by atoms with Gasteiger partial charge in [0.25, 0.3) is 0 Å². The number of benzene rings is 1. The average Bonchev–Trinajstić information content (AvgIpc) is 2.27. The van der Waals surface area contributed by atoms with Crippen molar-refractivity contribution in [3.05, 3.63) is 38.1 Å². The van der Waals surface area contributed by atoms with Crippen molar-refractivity contribution in [2.45, 2.75) is 26.2 Å². The van der Waals surface area contributed by atoms with Crippen molar-refractivity contribution < 1.29 is 4.74 Å². The molecule has 90 valence electrons. The predicted octanol–water partition coefficient (Wildman–Crippen LogP) is 2.56. The molecule has 0 radical (unpaired) electrons. The predicted molar refractivity (Wildman–Crippen MR) is 72.4 cm³/mol. The van der Waals surface area contributed by atoms with Crippen LogP contribution in [0.4, 0.5) is 0 Å². The van der Waals surface area contributed by atoms with Crippen LogP contribution in [0.2, 0.25) is 0 Å². The molecule has 3 heteroatoms. The molecule has 2 aromatic rings. The molecular formula is C14H16O2Te. The summed E-state index contributed by atoms with van der Waals surface area (Å²) in [5.41, 5.74) is 0.238. The van der Waals surface area contributed by atoms with Crippen molar-refractivity contribution in [1.82, 2.24) is 0 Å². The first-order valence-electron chi connectivity index (χ1n) is 5.54. The van der Waals surface area contributed by atoms with E-state index in [1.54, 1.807) is 7.11 Å². The summed E-state index contributed by atoms with van der Waals surface area (Å²) in [5, 5.41) is 0.862. The second-order valence-corrected chi connectivity index (χ2v) is 8.18. The van der Waals surface area contributed by atoms with Crippen LogP contribution in [0, 0.1) is 0 Å². The number of hydrogen-bond donors (Lipinski definition) is 0. The molecule has 17 heavy (non-hydrogen) atoms. The second-order valence-electron chi connectivity index (χ2n) is 5.09. The summed E-state index contributed by atoms with van der Waals surface area (Å²) in [5.74, 6) is 0.844. The molecule has 0 spiro atoms. The van der Waals surface area contributed by atoms with Crippen LogP contribution in [-0.4, -0.2) is 27.5 Å². The number of rotatable bonds is 1. The third-order valence-electron chi connectivity index (χ3n) is 2.68. The molecule has 2 rings (SSSR count). The molecule has 0 amide bonds. The summed E-state index contributed by atoms with van der Waals surface area (Å²) in [6, 6.07) is 7.61. The van der Waals surface area contributed by atoms with Crippen molar-refractivity contribution in [1.29, 1.82) is 0 Å². The van der Waals surface area contributed by atoms with Crippen molar-refractivity contribution in [3.63, 3.8) is 0 Å². The van der Waals surface area contributed by atoms with Gasteiger partial charge in [0.1, 0.15) is 0 Å². The first-order chi connectivity index (χ1) is 7.91. The van der Waals surface area contributed by atoms with Gasteiger partial charge in [0.15, 0.2) is 0 Å². The van der Waals surface area contributed by atoms with E-state index >= 15 is 0 Å². The number of hydrogen-bond acceptors (Lipinski definition) is 2. The fraction of sp³-hybridized carbons (Fsp3) is 0.357. The molecule has 0 aliphatic carbocycles. The summed E-state index contributed by atoms with van der Waals surface area (Å²) in [6.45, 7) is 6.51. The van der Waals surface area contributed by atoms with Gasteiger partial charge in [-0.1, -0.05) is 0 Å². The third kappa shape index (κ3) is 2.56. The van der Waals surface area contributed by atoms with Crippen LogP contribution in [0.1, 0.15) is 24.4 Å². The second kappa shape index (κ2) is 4.48. The van der Waals surface area contributed by atoms with Gasteiger partial charge in [0, 0.05) is 0 Å². The van der Waals surface area contributed by atoms with E-state index in [0.29, 0.717) is 0 Å². The molecule has 1 aromatic heterocycles. The molecule has 0 N–H and O–H groups in total. The minimum absolute atomic E-state index is 0.0959. The van der Waals surface area contributed by atoms with Crippen molar-refractivity contribution in [2.24, 2.45) is 0 Å². The molecule has 0 fully saturated rings. The normalized spacial score (nSPS) is 11.8. The molecule has 0 unspecified atom stereocenters. The van der Waals surface area contributed by atoms with Crippen molar-refractivity contribution in [3.8, 4) is 5.75 Å². The Hall–Kier alpha value is -0.780. The summed E-state index contributed by atoms with van der Waals surface area (Å²) in [4.78, 5) is 12.0. The van der Waals surface area contributed by atoms with Gasteiger partial charge in [-0.3, -0.25) is 0 Å². The van der Waals surface area contributed by atoms with Gasteiger partial charge in [0.2, 0.25) is 0 Å². The molecule has 0 saturated carbocycles. The van der Waals surface area contributed by atoms with Gasteiger partial charge in [-0.25, -0.2) is 0 Å². The zero-order valence-electron chi connectivity index (χ0n) is 10.5. The van der Waals surface area contributed by atoms with Crippen LogP contribution in [0.15, 0.2) is 29.1 Å². The maximum absolute atomic E-state index is 12.0. The van der Waals surface area contributed by atoms with Crippen molar-refractivity contribution >= 4 is 29.2 Å². The Labute approximate surface area is 111 Å². The zero-order chi connectivity index (χ0) is 12.6. The Morgan fingerprint density at radius 1 is 1.18 bits per heavy atom. The van der Waals surface area contributed by atoms with Gasteiger partial charge in [-0.05, 0) is 0 Å². The summed E-state index contributed by atoms with van der Waals surface area (Å²) < 4.78 is 7.74. The van der Waals surface area contributed by atoms with E-state index < -0.39 is 20.4 Å². The molecule has 0 aliphatic heterocycles. The number of fused-ring (bicyclic) bond motifs is 1. The molecule has 1 heterocycles. The van der Waals surface area contributed by atoms with E-state index in [1.165, 1.54) is 6.98 Å². The first-order valence-corrected chi connectivity index (χ1v) is 7.87. The van der Waals surface area contributed by atoms with Gasteiger partial charge < -0.3 is 0 Å². The van der Waals surface area contributed by atoms with Crippen LogP contribution in [0.3, 0.4) is 0 Å². The Morgan fingerprint density at radius 2 is 1.88 bits per heavy atom. The molecule has 1 aromatic carbocycles. The van der Waals surface area contributed by atoms with E-state index in [4.69, 9.17) is 4.74 Å². The quantitative estimate of drug-likeness (QED) is 0.744. The van der Waals surface area contributed by atoms with Crippen LogP contribution in [-0.2, 0) is 5.41 Å². The van der Waals surface area contributed by atoms with Crippen LogP contribution < -0.4 is 10.2 Å². The standard InChI is InChI=1S/C14H16O2Te/c1-14(2,3)13-8-11(15)10-6-5-9(16-4)7-12(10)17-13/h5-8H,1-4H3. The Kier molecular flexibility index (Phi) is 3.34. The summed E-state index contributed by atoms with van der Waals surface area (Å²) >= 11 is -0.448. The fourth-order valence-electron chi connectivity index (χ4n) is 1.63. The Bertz CT molecular complexity index is 606. The first kappa shape index (κ1) is 12.7. The van der Waals surface area contributed by atoms with E-state index in [2.05, 4.69) is 20.8 Å². The van der Waals surface area contributed by atoms with Crippen LogP contribution in [0.5, 0.6) is 5.75 Å². The zero-order valence-corrected chi connectivity index (χ0v) is 12.9. The molecular weight excluding hydrogens is 328 g/mol. The monoisotopic (exact) mass is 346 g/mol. The van der Waals surface area contributed by atoms with Gasteiger partial charge in [-0.2, -0.15) is 0 Å². The summed E-state index contributed by atoms with van der Waals surface area (Å²) in [6.07, 6.45) is 0. The molecule has 0 bridgehead atoms. The molecule has 2 nitrogen and oxygen atoms in total. The Balaban J connectivity index is 2.75. The number of methoxy groups -OCH3 is 1. The molecule has 0 atom stereocenters. The van der Waals surface area contributed by atoms with Crippen LogP contribution >= 0.6 is 0 Å². The fourth-order valence-corrected chi connectivity index (χ4v) is 4.95. The van der Waals surface area contributed by atoms with Crippen molar-refractivity contribution in [2.75, 3.05) is 7.11 Å².